The summed E-state index contributed by atoms with van der Waals surface area (Å²) in [6.45, 7) is 2.02. The van der Waals surface area contributed by atoms with Gasteiger partial charge in [0, 0.05) is 0 Å². The van der Waals surface area contributed by atoms with Gasteiger partial charge in [-0.05, 0) is 6.42 Å². The minimum atomic E-state index is -0.301. The number of hydrogen-bond acceptors (Lipinski definition) is 3. The van der Waals surface area contributed by atoms with E-state index < -0.39 is 0 Å². The first-order valence-corrected chi connectivity index (χ1v) is 4.75. The highest BCUT2D eigenvalue weighted by Crippen LogP contribution is 2.14. The summed E-state index contributed by atoms with van der Waals surface area (Å²) in [7, 11) is -0.301. The zero-order chi connectivity index (χ0) is 7.98. The Labute approximate surface area is 70.7 Å². The first-order valence-electron chi connectivity index (χ1n) is 3.10. The lowest BCUT2D eigenvalue weighted by molar-refractivity contribution is 0.210. The Balaban J connectivity index is 3.60. The molecule has 0 aromatic rings. The number of halogens is 1. The highest BCUT2D eigenvalue weighted by atomic mass is 79.9. The summed E-state index contributed by atoms with van der Waals surface area (Å²) in [6, 6.07) is 0. The van der Waals surface area contributed by atoms with Crippen LogP contribution in [-0.4, -0.2) is 11.1 Å². The van der Waals surface area contributed by atoms with Crippen LogP contribution in [0.3, 0.4) is 0 Å². The van der Waals surface area contributed by atoms with Gasteiger partial charge in [0.2, 0.25) is 0 Å². The van der Waals surface area contributed by atoms with E-state index in [2.05, 4.69) is 15.9 Å². The van der Waals surface area contributed by atoms with Crippen molar-refractivity contribution in [3.8, 4) is 0 Å². The summed E-state index contributed by atoms with van der Waals surface area (Å²) in [5, 5.41) is 0. The number of rotatable bonds is 5. The number of alkyl halides is 1. The van der Waals surface area contributed by atoms with Gasteiger partial charge in [0.1, 0.15) is 0 Å². The lowest BCUT2D eigenvalue weighted by atomic mass is 10.2. The van der Waals surface area contributed by atoms with Crippen molar-refractivity contribution in [3.05, 3.63) is 0 Å². The molecule has 0 aromatic heterocycles. The van der Waals surface area contributed by atoms with Crippen molar-refractivity contribution in [2.24, 2.45) is 5.73 Å². The van der Waals surface area contributed by atoms with Crippen molar-refractivity contribution in [2.45, 2.75) is 30.8 Å². The average Bonchev–Trinajstić information content (AvgIpc) is 1.87. The lowest BCUT2D eigenvalue weighted by Gasteiger charge is -2.13. The highest BCUT2D eigenvalue weighted by Gasteiger charge is 2.14. The fourth-order valence-electron chi connectivity index (χ4n) is 0.610. The second-order valence-electron chi connectivity index (χ2n) is 1.95. The van der Waals surface area contributed by atoms with Crippen molar-refractivity contribution in [3.63, 3.8) is 0 Å². The summed E-state index contributed by atoms with van der Waals surface area (Å²) in [4.78, 5) is -0.228. The molecule has 0 rings (SSSR count). The first kappa shape index (κ1) is 10.5. The molecule has 2 atom stereocenters. The molecule has 0 heterocycles. The summed E-state index contributed by atoms with van der Waals surface area (Å²) < 4.78 is 14.8. The molecule has 0 radical (unpaired) electrons. The van der Waals surface area contributed by atoms with Crippen molar-refractivity contribution in [1.29, 1.82) is 0 Å². The summed E-state index contributed by atoms with van der Waals surface area (Å²) in [5.41, 5.74) is 5.46. The Bertz CT molecular complexity index is 102. The molecular formula is C5H11BrNO2P. The molecule has 3 nitrogen and oxygen atoms in total. The van der Waals surface area contributed by atoms with Crippen LogP contribution in [0, 0.1) is 0 Å². The molecule has 0 saturated heterocycles. The molecule has 0 aliphatic rings. The van der Waals surface area contributed by atoms with Gasteiger partial charge in [0.25, 0.3) is 0 Å². The number of hydrogen-bond donors (Lipinski definition) is 1. The Morgan fingerprint density at radius 1 is 1.80 bits per heavy atom. The monoisotopic (exact) mass is 227 g/mol. The highest BCUT2D eigenvalue weighted by molar-refractivity contribution is 9.09. The van der Waals surface area contributed by atoms with Gasteiger partial charge >= 0.3 is 8.69 Å². The lowest BCUT2D eigenvalue weighted by Crippen LogP contribution is -2.28. The van der Waals surface area contributed by atoms with E-state index in [1.807, 2.05) is 6.92 Å². The zero-order valence-electron chi connectivity index (χ0n) is 5.79. The molecule has 0 aliphatic heterocycles. The van der Waals surface area contributed by atoms with E-state index in [1.165, 1.54) is 0 Å². The molecule has 0 fully saturated rings. The maximum absolute atomic E-state index is 9.99. The van der Waals surface area contributed by atoms with Gasteiger partial charge in [-0.3, -0.25) is 4.52 Å². The maximum atomic E-state index is 9.99. The quantitative estimate of drug-likeness (QED) is 0.445. The van der Waals surface area contributed by atoms with E-state index in [9.17, 15) is 4.57 Å². The van der Waals surface area contributed by atoms with Crippen LogP contribution in [0.25, 0.3) is 0 Å². The molecule has 0 spiro atoms. The van der Waals surface area contributed by atoms with Crippen LogP contribution in [-0.2, 0) is 9.09 Å². The topological polar surface area (TPSA) is 52.3 Å². The Hall–Kier alpha value is 0.500. The van der Waals surface area contributed by atoms with Crippen molar-refractivity contribution in [1.82, 2.24) is 0 Å². The van der Waals surface area contributed by atoms with E-state index >= 15 is 0 Å². The van der Waals surface area contributed by atoms with Crippen LogP contribution in [0.5, 0.6) is 0 Å². The second kappa shape index (κ2) is 6.23. The van der Waals surface area contributed by atoms with Gasteiger partial charge in [-0.25, -0.2) is 4.57 Å². The third kappa shape index (κ3) is 4.34. The van der Waals surface area contributed by atoms with E-state index in [-0.39, 0.29) is 19.7 Å². The smallest absolute Gasteiger partial charge is 0.317 e. The molecule has 60 valence electrons. The van der Waals surface area contributed by atoms with Crippen LogP contribution in [0.4, 0.5) is 0 Å². The van der Waals surface area contributed by atoms with E-state index in [0.29, 0.717) is 0 Å². The SMILES string of the molecule is CCCC(OP=O)C(N)Br. The maximum Gasteiger partial charge on any atom is 0.327 e. The largest absolute Gasteiger partial charge is 0.327 e. The van der Waals surface area contributed by atoms with Crippen molar-refractivity contribution in [2.75, 3.05) is 0 Å². The van der Waals surface area contributed by atoms with E-state index in [0.717, 1.165) is 12.8 Å². The molecule has 5 heteroatoms. The zero-order valence-corrected chi connectivity index (χ0v) is 8.27. The molecule has 0 saturated carbocycles. The van der Waals surface area contributed by atoms with Crippen LogP contribution in [0.15, 0.2) is 0 Å². The van der Waals surface area contributed by atoms with Crippen LogP contribution in [0.1, 0.15) is 19.8 Å². The summed E-state index contributed by atoms with van der Waals surface area (Å²) in [5.74, 6) is 0. The van der Waals surface area contributed by atoms with Gasteiger partial charge in [0.15, 0.2) is 0 Å². The van der Waals surface area contributed by atoms with Gasteiger partial charge in [-0.15, -0.1) is 0 Å². The van der Waals surface area contributed by atoms with Gasteiger partial charge in [0.05, 0.1) is 11.1 Å². The summed E-state index contributed by atoms with van der Waals surface area (Å²) >= 11 is 3.15. The van der Waals surface area contributed by atoms with Crippen LogP contribution in [0.2, 0.25) is 0 Å². The van der Waals surface area contributed by atoms with Crippen molar-refractivity contribution < 1.29 is 9.09 Å². The first-order chi connectivity index (χ1) is 4.72. The summed E-state index contributed by atoms with van der Waals surface area (Å²) in [6.07, 6.45) is 1.64. The normalized spacial score (nSPS) is 17.1. The molecular weight excluding hydrogens is 217 g/mol. The Morgan fingerprint density at radius 3 is 2.70 bits per heavy atom. The molecule has 0 amide bonds. The van der Waals surface area contributed by atoms with Gasteiger partial charge in [-0.2, -0.15) is 0 Å². The fraction of sp³-hybridized carbons (Fsp3) is 1.00. The molecule has 2 N–H and O–H groups in total. The average molecular weight is 228 g/mol. The van der Waals surface area contributed by atoms with E-state index in [4.69, 9.17) is 10.3 Å². The Morgan fingerprint density at radius 2 is 2.40 bits per heavy atom. The van der Waals surface area contributed by atoms with Crippen molar-refractivity contribution >= 4 is 24.6 Å². The molecule has 0 aliphatic carbocycles. The minimum absolute atomic E-state index is 0.149. The molecule has 0 bridgehead atoms. The Kier molecular flexibility index (Phi) is 6.54. The van der Waals surface area contributed by atoms with Crippen LogP contribution >= 0.6 is 24.6 Å². The second-order valence-corrected chi connectivity index (χ2v) is 3.37. The standard InChI is InChI=1S/C5H11BrNO2P/c1-2-3-4(5(6)7)9-10-8/h4-5H,2-3,7H2,1H3. The molecule has 10 heavy (non-hydrogen) atoms. The minimum Gasteiger partial charge on any atom is -0.317 e. The third-order valence-electron chi connectivity index (χ3n) is 1.11. The predicted molar refractivity (Wildman–Crippen MR) is 44.3 cm³/mol. The third-order valence-corrected chi connectivity index (χ3v) is 2.05. The van der Waals surface area contributed by atoms with E-state index in [1.54, 1.807) is 0 Å². The predicted octanol–water partition coefficient (Wildman–Crippen LogP) is 2.06. The van der Waals surface area contributed by atoms with Gasteiger partial charge < -0.3 is 5.73 Å². The molecule has 2 unspecified atom stereocenters. The fourth-order valence-corrected chi connectivity index (χ4v) is 1.50. The molecule has 0 aromatic carbocycles. The van der Waals surface area contributed by atoms with Crippen LogP contribution < -0.4 is 5.73 Å². The number of nitrogens with two attached hydrogens (primary N) is 1. The van der Waals surface area contributed by atoms with Gasteiger partial charge in [-0.1, -0.05) is 29.3 Å².